The zero-order valence-corrected chi connectivity index (χ0v) is 10.5. The van der Waals surface area contributed by atoms with Gasteiger partial charge in [0.2, 0.25) is 0 Å². The Hall–Kier alpha value is -2.63. The number of rotatable bonds is 3. The summed E-state index contributed by atoms with van der Waals surface area (Å²) in [6.07, 6.45) is 1.48. The number of aromatic nitrogens is 3. The molecule has 0 aliphatic heterocycles. The van der Waals surface area contributed by atoms with Gasteiger partial charge in [-0.2, -0.15) is 0 Å². The van der Waals surface area contributed by atoms with Crippen molar-refractivity contribution >= 4 is 0 Å². The van der Waals surface area contributed by atoms with Crippen molar-refractivity contribution < 1.29 is 13.6 Å². The molecule has 2 heterocycles. The number of benzene rings is 1. The van der Waals surface area contributed by atoms with Gasteiger partial charge in [0.1, 0.15) is 12.0 Å². The van der Waals surface area contributed by atoms with Crippen LogP contribution >= 0.6 is 0 Å². The first-order valence-corrected chi connectivity index (χ1v) is 5.67. The van der Waals surface area contributed by atoms with Crippen LogP contribution in [0.15, 0.2) is 39.4 Å². The van der Waals surface area contributed by atoms with Gasteiger partial charge in [-0.1, -0.05) is 12.1 Å². The fraction of sp³-hybridized carbons (Fsp3) is 0.154. The zero-order chi connectivity index (χ0) is 13.2. The molecule has 0 aliphatic carbocycles. The van der Waals surface area contributed by atoms with E-state index in [-0.39, 0.29) is 0 Å². The molecule has 0 bridgehead atoms. The average Bonchev–Trinajstić information content (AvgIpc) is 3.07. The summed E-state index contributed by atoms with van der Waals surface area (Å²) < 4.78 is 16.0. The van der Waals surface area contributed by atoms with Crippen LogP contribution in [0.2, 0.25) is 0 Å². The lowest BCUT2D eigenvalue weighted by molar-refractivity contribution is 0.414. The highest BCUT2D eigenvalue weighted by Crippen LogP contribution is 2.30. The van der Waals surface area contributed by atoms with Gasteiger partial charge in [0, 0.05) is 6.92 Å². The van der Waals surface area contributed by atoms with Crippen LogP contribution in [0.25, 0.3) is 23.0 Å². The molecular formula is C13H11N3O3. The fourth-order valence-electron chi connectivity index (χ4n) is 1.72. The second kappa shape index (κ2) is 4.56. The average molecular weight is 257 g/mol. The summed E-state index contributed by atoms with van der Waals surface area (Å²) in [6, 6.07) is 7.44. The Morgan fingerprint density at radius 1 is 1.11 bits per heavy atom. The molecule has 19 heavy (non-hydrogen) atoms. The van der Waals surface area contributed by atoms with Gasteiger partial charge in [-0.05, 0) is 12.1 Å². The van der Waals surface area contributed by atoms with Crippen LogP contribution in [0.1, 0.15) is 5.89 Å². The van der Waals surface area contributed by atoms with E-state index >= 15 is 0 Å². The van der Waals surface area contributed by atoms with E-state index in [4.69, 9.17) is 13.6 Å². The van der Waals surface area contributed by atoms with E-state index < -0.39 is 0 Å². The van der Waals surface area contributed by atoms with Crippen molar-refractivity contribution in [1.29, 1.82) is 0 Å². The molecule has 6 heteroatoms. The van der Waals surface area contributed by atoms with Gasteiger partial charge in [0.25, 0.3) is 11.8 Å². The smallest absolute Gasteiger partial charge is 0.269 e. The van der Waals surface area contributed by atoms with Crippen molar-refractivity contribution in [1.82, 2.24) is 15.2 Å². The second-order valence-electron chi connectivity index (χ2n) is 3.86. The first-order chi connectivity index (χ1) is 9.28. The summed E-state index contributed by atoms with van der Waals surface area (Å²) in [5, 5.41) is 7.96. The minimum atomic E-state index is 0.317. The van der Waals surface area contributed by atoms with Crippen molar-refractivity contribution in [2.24, 2.45) is 0 Å². The summed E-state index contributed by atoms with van der Waals surface area (Å²) in [5.41, 5.74) is 1.26. The molecule has 1 aromatic carbocycles. The molecule has 0 amide bonds. The first-order valence-electron chi connectivity index (χ1n) is 5.67. The maximum atomic E-state index is 5.59. The quantitative estimate of drug-likeness (QED) is 0.718. The molecular weight excluding hydrogens is 246 g/mol. The molecule has 0 atom stereocenters. The van der Waals surface area contributed by atoms with Crippen molar-refractivity contribution in [2.75, 3.05) is 7.11 Å². The zero-order valence-electron chi connectivity index (χ0n) is 10.5. The number of aryl methyl sites for hydroxylation is 1. The molecule has 6 nitrogen and oxygen atoms in total. The molecule has 0 saturated heterocycles. The lowest BCUT2D eigenvalue weighted by Crippen LogP contribution is -1.87. The molecule has 0 saturated carbocycles. The third-order valence-corrected chi connectivity index (χ3v) is 2.60. The van der Waals surface area contributed by atoms with Gasteiger partial charge < -0.3 is 13.6 Å². The lowest BCUT2D eigenvalue weighted by Gasteiger charge is -2.02. The summed E-state index contributed by atoms with van der Waals surface area (Å²) in [4.78, 5) is 4.14. The van der Waals surface area contributed by atoms with E-state index in [2.05, 4.69) is 15.2 Å². The Balaban J connectivity index is 2.01. The van der Waals surface area contributed by atoms with Crippen molar-refractivity contribution in [3.05, 3.63) is 36.4 Å². The number of para-hydroxylation sites is 1. The molecule has 0 N–H and O–H groups in total. The SMILES string of the molecule is COc1ccccc1-c1nnc(-c2coc(C)n2)o1. The van der Waals surface area contributed by atoms with Gasteiger partial charge in [-0.25, -0.2) is 4.98 Å². The van der Waals surface area contributed by atoms with Crippen LogP contribution in [-0.4, -0.2) is 22.3 Å². The Bertz CT molecular complexity index is 702. The predicted octanol–water partition coefficient (Wildman–Crippen LogP) is 2.71. The number of nitrogens with zero attached hydrogens (tertiary/aromatic N) is 3. The summed E-state index contributed by atoms with van der Waals surface area (Å²) in [5.74, 6) is 1.92. The van der Waals surface area contributed by atoms with Gasteiger partial charge in [0.15, 0.2) is 11.6 Å². The van der Waals surface area contributed by atoms with E-state index in [1.54, 1.807) is 14.0 Å². The summed E-state index contributed by atoms with van der Waals surface area (Å²) in [7, 11) is 1.59. The molecule has 3 rings (SSSR count). The topological polar surface area (TPSA) is 74.2 Å². The first kappa shape index (κ1) is 11.5. The van der Waals surface area contributed by atoms with E-state index in [0.29, 0.717) is 29.1 Å². The molecule has 3 aromatic rings. The van der Waals surface area contributed by atoms with Crippen LogP contribution in [-0.2, 0) is 0 Å². The van der Waals surface area contributed by atoms with Crippen molar-refractivity contribution in [3.63, 3.8) is 0 Å². The maximum absolute atomic E-state index is 5.59. The predicted molar refractivity (Wildman–Crippen MR) is 66.5 cm³/mol. The van der Waals surface area contributed by atoms with Crippen molar-refractivity contribution in [2.45, 2.75) is 6.92 Å². The number of ether oxygens (including phenoxy) is 1. The van der Waals surface area contributed by atoms with Gasteiger partial charge in [-0.3, -0.25) is 0 Å². The third-order valence-electron chi connectivity index (χ3n) is 2.60. The van der Waals surface area contributed by atoms with Crippen LogP contribution in [0.4, 0.5) is 0 Å². The van der Waals surface area contributed by atoms with E-state index in [1.807, 2.05) is 24.3 Å². The Morgan fingerprint density at radius 3 is 2.63 bits per heavy atom. The number of methoxy groups -OCH3 is 1. The molecule has 96 valence electrons. The Kier molecular flexibility index (Phi) is 2.75. The molecule has 0 fully saturated rings. The van der Waals surface area contributed by atoms with Gasteiger partial charge in [-0.15, -0.1) is 10.2 Å². The number of oxazole rings is 1. The molecule has 0 unspecified atom stereocenters. The minimum Gasteiger partial charge on any atom is -0.496 e. The lowest BCUT2D eigenvalue weighted by atomic mass is 10.2. The summed E-state index contributed by atoms with van der Waals surface area (Å²) in [6.45, 7) is 1.75. The van der Waals surface area contributed by atoms with E-state index in [1.165, 1.54) is 6.26 Å². The standard InChI is InChI=1S/C13H11N3O3/c1-8-14-10(7-18-8)13-16-15-12(19-13)9-5-3-4-6-11(9)17-2/h3-7H,1-2H3. The third kappa shape index (κ3) is 2.08. The normalized spacial score (nSPS) is 10.6. The molecule has 0 radical (unpaired) electrons. The monoisotopic (exact) mass is 257 g/mol. The van der Waals surface area contributed by atoms with Crippen LogP contribution in [0, 0.1) is 6.92 Å². The van der Waals surface area contributed by atoms with E-state index in [9.17, 15) is 0 Å². The second-order valence-corrected chi connectivity index (χ2v) is 3.86. The van der Waals surface area contributed by atoms with Gasteiger partial charge in [0.05, 0.1) is 12.7 Å². The minimum absolute atomic E-state index is 0.317. The van der Waals surface area contributed by atoms with Crippen molar-refractivity contribution in [3.8, 4) is 28.8 Å². The molecule has 2 aromatic heterocycles. The largest absolute Gasteiger partial charge is 0.496 e. The Labute approximate surface area is 109 Å². The number of hydrogen-bond donors (Lipinski definition) is 0. The van der Waals surface area contributed by atoms with Gasteiger partial charge >= 0.3 is 0 Å². The fourth-order valence-corrected chi connectivity index (χ4v) is 1.72. The Morgan fingerprint density at radius 2 is 1.89 bits per heavy atom. The van der Waals surface area contributed by atoms with Crippen LogP contribution < -0.4 is 4.74 Å². The maximum Gasteiger partial charge on any atom is 0.269 e. The molecule has 0 aliphatic rings. The highest BCUT2D eigenvalue weighted by molar-refractivity contribution is 5.63. The van der Waals surface area contributed by atoms with E-state index in [0.717, 1.165) is 5.56 Å². The summed E-state index contributed by atoms with van der Waals surface area (Å²) >= 11 is 0. The molecule has 0 spiro atoms. The van der Waals surface area contributed by atoms with Crippen LogP contribution in [0.5, 0.6) is 5.75 Å². The highest BCUT2D eigenvalue weighted by Gasteiger charge is 2.15. The van der Waals surface area contributed by atoms with Crippen LogP contribution in [0.3, 0.4) is 0 Å². The number of hydrogen-bond acceptors (Lipinski definition) is 6. The highest BCUT2D eigenvalue weighted by atomic mass is 16.5.